The van der Waals surface area contributed by atoms with Crippen LogP contribution in [0.3, 0.4) is 0 Å². The summed E-state index contributed by atoms with van der Waals surface area (Å²) in [5.41, 5.74) is 2.71. The highest BCUT2D eigenvalue weighted by Crippen LogP contribution is 2.37. The normalized spacial score (nSPS) is 11.3. The molecule has 1 amide bonds. The maximum Gasteiger partial charge on any atom is 0.229 e. The predicted octanol–water partition coefficient (Wildman–Crippen LogP) is 6.27. The molecule has 0 spiro atoms. The van der Waals surface area contributed by atoms with Gasteiger partial charge in [0.15, 0.2) is 9.84 Å². The molecule has 0 fully saturated rings. The highest BCUT2D eigenvalue weighted by molar-refractivity contribution is 7.91. The fourth-order valence-corrected chi connectivity index (χ4v) is 5.69. The number of amides is 1. The molecule has 0 aliphatic heterocycles. The molecule has 0 saturated carbocycles. The number of carbonyl (C=O) groups excluding carboxylic acids is 2. The molecule has 0 atom stereocenters. The third kappa shape index (κ3) is 5.88. The van der Waals surface area contributed by atoms with Gasteiger partial charge in [-0.05, 0) is 41.5 Å². The van der Waals surface area contributed by atoms with Gasteiger partial charge in [0, 0.05) is 16.1 Å². The first-order valence-electron chi connectivity index (χ1n) is 10.9. The van der Waals surface area contributed by atoms with Crippen molar-refractivity contribution < 1.29 is 18.0 Å². The number of nitrogens with one attached hydrogen (secondary N) is 1. The van der Waals surface area contributed by atoms with E-state index in [4.69, 9.17) is 11.6 Å². The van der Waals surface area contributed by atoms with Crippen molar-refractivity contribution in [2.45, 2.75) is 18.2 Å². The molecule has 0 aliphatic carbocycles. The van der Waals surface area contributed by atoms with E-state index in [-0.39, 0.29) is 28.8 Å². The van der Waals surface area contributed by atoms with Crippen LogP contribution in [0.2, 0.25) is 5.02 Å². The third-order valence-electron chi connectivity index (χ3n) is 5.40. The van der Waals surface area contributed by atoms with Crippen LogP contribution in [0, 0.1) is 0 Å². The molecule has 178 valence electrons. The molecular weight excluding hydrogens is 502 g/mol. The number of carbonyl (C=O) groups is 2. The van der Waals surface area contributed by atoms with Crippen molar-refractivity contribution in [1.82, 2.24) is 0 Å². The fourth-order valence-electron chi connectivity index (χ4n) is 3.56. The molecule has 0 radical (unpaired) electrons. The number of thiophene rings is 1. The van der Waals surface area contributed by atoms with Crippen LogP contribution in [0.5, 0.6) is 0 Å². The minimum Gasteiger partial charge on any atom is -0.317 e. The van der Waals surface area contributed by atoms with Gasteiger partial charge in [-0.15, -0.1) is 11.3 Å². The molecular formula is C27H22ClNO4S2. The van der Waals surface area contributed by atoms with Crippen molar-refractivity contribution in [3.05, 3.63) is 106 Å². The molecule has 1 N–H and O–H groups in total. The topological polar surface area (TPSA) is 80.3 Å². The van der Waals surface area contributed by atoms with Crippen LogP contribution in [0.25, 0.3) is 11.1 Å². The standard InChI is InChI=1S/C27H22ClNO4S2/c1-2-35(32,33)22-13-11-18(12-14-22)15-24(30)29-25-17-23(20-9-6-10-21(28)16-20)27(34-25)26(31)19-7-4-3-5-8-19/h3-14,16-17H,2,15H2,1H3,(H,29,30). The Kier molecular flexibility index (Phi) is 7.50. The second-order valence-electron chi connectivity index (χ2n) is 7.83. The van der Waals surface area contributed by atoms with E-state index in [2.05, 4.69) is 5.32 Å². The molecule has 0 saturated heterocycles. The van der Waals surface area contributed by atoms with Gasteiger partial charge in [0.1, 0.15) is 0 Å². The first kappa shape index (κ1) is 24.9. The SMILES string of the molecule is CCS(=O)(=O)c1ccc(CC(=O)Nc2cc(-c3cccc(Cl)c3)c(C(=O)c3ccccc3)s2)cc1. The quantitative estimate of drug-likeness (QED) is 0.276. The minimum absolute atomic E-state index is 0.0181. The number of rotatable bonds is 8. The van der Waals surface area contributed by atoms with Gasteiger partial charge in [-0.1, -0.05) is 73.1 Å². The summed E-state index contributed by atoms with van der Waals surface area (Å²) >= 11 is 7.39. The second kappa shape index (κ2) is 10.6. The van der Waals surface area contributed by atoms with Gasteiger partial charge in [0.05, 0.1) is 26.9 Å². The summed E-state index contributed by atoms with van der Waals surface area (Å²) < 4.78 is 24.0. The number of benzene rings is 3. The summed E-state index contributed by atoms with van der Waals surface area (Å²) in [6.07, 6.45) is 0.0683. The number of sulfone groups is 1. The van der Waals surface area contributed by atoms with Crippen molar-refractivity contribution in [3.8, 4) is 11.1 Å². The zero-order valence-corrected chi connectivity index (χ0v) is 21.2. The van der Waals surface area contributed by atoms with E-state index in [0.717, 1.165) is 5.56 Å². The zero-order valence-electron chi connectivity index (χ0n) is 18.8. The average molecular weight is 524 g/mol. The summed E-state index contributed by atoms with van der Waals surface area (Å²) in [4.78, 5) is 26.7. The van der Waals surface area contributed by atoms with Gasteiger partial charge in [-0.25, -0.2) is 8.42 Å². The number of hydrogen-bond donors (Lipinski definition) is 1. The lowest BCUT2D eigenvalue weighted by molar-refractivity contribution is -0.115. The molecule has 4 rings (SSSR count). The van der Waals surface area contributed by atoms with Crippen LogP contribution < -0.4 is 5.32 Å². The molecule has 5 nitrogen and oxygen atoms in total. The van der Waals surface area contributed by atoms with Crippen LogP contribution in [0.1, 0.15) is 27.7 Å². The van der Waals surface area contributed by atoms with E-state index < -0.39 is 9.84 Å². The average Bonchev–Trinajstić information content (AvgIpc) is 3.28. The Hall–Kier alpha value is -3.26. The van der Waals surface area contributed by atoms with Gasteiger partial charge in [-0.2, -0.15) is 0 Å². The largest absolute Gasteiger partial charge is 0.317 e. The Bertz CT molecular complexity index is 1480. The third-order valence-corrected chi connectivity index (χ3v) is 8.43. The van der Waals surface area contributed by atoms with Crippen LogP contribution in [-0.2, 0) is 21.1 Å². The Morgan fingerprint density at radius 1 is 0.914 bits per heavy atom. The van der Waals surface area contributed by atoms with E-state index in [1.54, 1.807) is 61.5 Å². The molecule has 1 heterocycles. The summed E-state index contributed by atoms with van der Waals surface area (Å²) in [6.45, 7) is 1.59. The van der Waals surface area contributed by atoms with E-state index in [1.807, 2.05) is 18.2 Å². The van der Waals surface area contributed by atoms with E-state index in [1.165, 1.54) is 23.5 Å². The monoisotopic (exact) mass is 523 g/mol. The predicted molar refractivity (Wildman–Crippen MR) is 141 cm³/mol. The maximum absolute atomic E-state index is 13.3. The molecule has 8 heteroatoms. The lowest BCUT2D eigenvalue weighted by Crippen LogP contribution is -2.13. The Morgan fingerprint density at radius 3 is 2.29 bits per heavy atom. The molecule has 3 aromatic carbocycles. The molecule has 0 aliphatic rings. The molecule has 35 heavy (non-hydrogen) atoms. The van der Waals surface area contributed by atoms with Gasteiger partial charge >= 0.3 is 0 Å². The van der Waals surface area contributed by atoms with Crippen LogP contribution in [0.4, 0.5) is 5.00 Å². The van der Waals surface area contributed by atoms with Gasteiger partial charge in [0.25, 0.3) is 0 Å². The van der Waals surface area contributed by atoms with Gasteiger partial charge in [-0.3, -0.25) is 9.59 Å². The number of anilines is 1. The van der Waals surface area contributed by atoms with E-state index >= 15 is 0 Å². The highest BCUT2D eigenvalue weighted by Gasteiger charge is 2.20. The minimum atomic E-state index is -3.29. The maximum atomic E-state index is 13.3. The number of ketones is 1. The molecule has 1 aromatic heterocycles. The Morgan fingerprint density at radius 2 is 1.63 bits per heavy atom. The Balaban J connectivity index is 1.59. The zero-order chi connectivity index (χ0) is 25.0. The summed E-state index contributed by atoms with van der Waals surface area (Å²) in [5.74, 6) is -0.392. The smallest absolute Gasteiger partial charge is 0.229 e. The van der Waals surface area contributed by atoms with E-state index in [0.29, 0.717) is 31.6 Å². The van der Waals surface area contributed by atoms with Crippen molar-refractivity contribution in [1.29, 1.82) is 0 Å². The molecule has 4 aromatic rings. The lowest BCUT2D eigenvalue weighted by Gasteiger charge is -2.05. The summed E-state index contributed by atoms with van der Waals surface area (Å²) in [7, 11) is -3.29. The van der Waals surface area contributed by atoms with Crippen LogP contribution >= 0.6 is 22.9 Å². The number of hydrogen-bond acceptors (Lipinski definition) is 5. The lowest BCUT2D eigenvalue weighted by atomic mass is 10.0. The molecule has 0 unspecified atom stereocenters. The second-order valence-corrected chi connectivity index (χ2v) is 11.6. The molecule has 0 bridgehead atoms. The van der Waals surface area contributed by atoms with E-state index in [9.17, 15) is 18.0 Å². The van der Waals surface area contributed by atoms with Crippen molar-refractivity contribution >= 4 is 49.5 Å². The van der Waals surface area contributed by atoms with Gasteiger partial charge < -0.3 is 5.32 Å². The first-order chi connectivity index (χ1) is 16.8. The van der Waals surface area contributed by atoms with Crippen LogP contribution in [-0.4, -0.2) is 25.9 Å². The fraction of sp³-hybridized carbons (Fsp3) is 0.111. The highest BCUT2D eigenvalue weighted by atomic mass is 35.5. The summed E-state index contributed by atoms with van der Waals surface area (Å²) in [5, 5.41) is 3.96. The van der Waals surface area contributed by atoms with Crippen LogP contribution in [0.15, 0.2) is 89.8 Å². The van der Waals surface area contributed by atoms with Crippen molar-refractivity contribution in [2.24, 2.45) is 0 Å². The van der Waals surface area contributed by atoms with Crippen molar-refractivity contribution in [2.75, 3.05) is 11.1 Å². The Labute approximate surface area is 213 Å². The first-order valence-corrected chi connectivity index (χ1v) is 13.7. The van der Waals surface area contributed by atoms with Crippen molar-refractivity contribution in [3.63, 3.8) is 0 Å². The number of halogens is 1. The van der Waals surface area contributed by atoms with Gasteiger partial charge in [0.2, 0.25) is 11.7 Å². The summed E-state index contributed by atoms with van der Waals surface area (Å²) in [6, 6.07) is 24.3.